The van der Waals surface area contributed by atoms with E-state index in [1.807, 2.05) is 24.3 Å². The van der Waals surface area contributed by atoms with E-state index in [1.165, 1.54) is 75.2 Å². The number of rotatable bonds is 13. The minimum Gasteiger partial charge on any atom is -0.497 e. The lowest BCUT2D eigenvalue weighted by atomic mass is 10.1. The second kappa shape index (κ2) is 17.2. The number of nitrogens with zero attached hydrogens (tertiary/aromatic N) is 4. The Kier molecular flexibility index (Phi) is 11.6. The lowest BCUT2D eigenvalue weighted by Crippen LogP contribution is -2.10. The zero-order valence-electron chi connectivity index (χ0n) is 29.7. The smallest absolute Gasteiger partial charge is 0.343 e. The number of carbonyl (C=O) groups excluding carboxylic acids is 2. The Balaban J connectivity index is 1.08. The quantitative estimate of drug-likeness (QED) is 0.0363. The summed E-state index contributed by atoms with van der Waals surface area (Å²) in [6.07, 6.45) is 2.95. The Morgan fingerprint density at radius 3 is 1.20 bits per heavy atom. The summed E-state index contributed by atoms with van der Waals surface area (Å²) in [5.41, 5.74) is 3.50. The van der Waals surface area contributed by atoms with Crippen molar-refractivity contribution in [3.05, 3.63) is 176 Å². The van der Waals surface area contributed by atoms with Gasteiger partial charge in [0.15, 0.2) is 0 Å². The summed E-state index contributed by atoms with van der Waals surface area (Å²) in [7, 11) is 2.99. The molecule has 0 fully saturated rings. The van der Waals surface area contributed by atoms with Crippen molar-refractivity contribution in [3.63, 3.8) is 0 Å². The Morgan fingerprint density at radius 2 is 0.875 bits per heavy atom. The van der Waals surface area contributed by atoms with Gasteiger partial charge in [0, 0.05) is 24.6 Å². The van der Waals surface area contributed by atoms with Crippen LogP contribution in [0.15, 0.2) is 143 Å². The van der Waals surface area contributed by atoms with E-state index >= 15 is 0 Å². The molecule has 0 amide bonds. The van der Waals surface area contributed by atoms with Gasteiger partial charge in [0.05, 0.1) is 46.6 Å². The van der Waals surface area contributed by atoms with E-state index in [0.717, 1.165) is 11.1 Å². The molecule has 0 aliphatic heterocycles. The van der Waals surface area contributed by atoms with Crippen LogP contribution in [0.5, 0.6) is 23.0 Å². The van der Waals surface area contributed by atoms with Gasteiger partial charge < -0.3 is 18.9 Å². The number of aliphatic imine (C=N–C) groups is 2. The third-order valence-corrected chi connectivity index (χ3v) is 8.21. The van der Waals surface area contributed by atoms with Crippen LogP contribution in [0.1, 0.15) is 31.8 Å². The number of methoxy groups -OCH3 is 2. The molecule has 0 aliphatic rings. The highest BCUT2D eigenvalue weighted by Crippen LogP contribution is 2.31. The molecule has 0 bridgehead atoms. The van der Waals surface area contributed by atoms with E-state index in [1.54, 1.807) is 60.7 Å². The van der Waals surface area contributed by atoms with Crippen molar-refractivity contribution >= 4 is 47.1 Å². The summed E-state index contributed by atoms with van der Waals surface area (Å²) in [5, 5.41) is 23.6. The molecule has 6 aromatic carbocycles. The molecule has 0 heterocycles. The lowest BCUT2D eigenvalue weighted by Gasteiger charge is -2.07. The van der Waals surface area contributed by atoms with E-state index in [0.29, 0.717) is 34.0 Å². The van der Waals surface area contributed by atoms with Crippen molar-refractivity contribution in [2.45, 2.75) is 0 Å². The zero-order valence-corrected chi connectivity index (χ0v) is 29.7. The van der Waals surface area contributed by atoms with Gasteiger partial charge in [-0.1, -0.05) is 24.3 Å². The summed E-state index contributed by atoms with van der Waals surface area (Å²) < 4.78 is 20.8. The Labute approximate surface area is 319 Å². The summed E-state index contributed by atoms with van der Waals surface area (Å²) >= 11 is 0. The average Bonchev–Trinajstić information content (AvgIpc) is 3.23. The fraction of sp³-hybridized carbons (Fsp3) is 0.0476. The van der Waals surface area contributed by atoms with Crippen LogP contribution >= 0.6 is 0 Å². The Hall–Kier alpha value is -8.00. The molecule has 0 unspecified atom stereocenters. The van der Waals surface area contributed by atoms with Crippen molar-refractivity contribution in [2.75, 3.05) is 14.2 Å². The average molecular weight is 751 g/mol. The molecule has 0 spiro atoms. The highest BCUT2D eigenvalue weighted by Gasteiger charge is 2.21. The van der Waals surface area contributed by atoms with Gasteiger partial charge in [-0.2, -0.15) is 0 Å². The van der Waals surface area contributed by atoms with E-state index in [2.05, 4.69) is 9.98 Å². The normalized spacial score (nSPS) is 11.0. The molecule has 56 heavy (non-hydrogen) atoms. The summed E-state index contributed by atoms with van der Waals surface area (Å²) in [5.74, 6) is -0.782. The lowest BCUT2D eigenvalue weighted by molar-refractivity contribution is -0.385. The second-order valence-electron chi connectivity index (χ2n) is 11.8. The van der Waals surface area contributed by atoms with Crippen LogP contribution in [0.2, 0.25) is 0 Å². The van der Waals surface area contributed by atoms with Crippen molar-refractivity contribution < 1.29 is 38.4 Å². The topological polar surface area (TPSA) is 182 Å². The van der Waals surface area contributed by atoms with Gasteiger partial charge in [0.2, 0.25) is 11.5 Å². The molecular weight excluding hydrogens is 720 g/mol. The number of esters is 2. The molecule has 278 valence electrons. The molecule has 6 aromatic rings. The highest BCUT2D eigenvalue weighted by atomic mass is 16.6. The fourth-order valence-electron chi connectivity index (χ4n) is 5.24. The van der Waals surface area contributed by atoms with Crippen LogP contribution in [0.4, 0.5) is 22.7 Å². The maximum absolute atomic E-state index is 12.6. The SMILES string of the molecule is COc1ccc(C(=O)Oc2ccc(C=Nc3ccc(-c4ccc(N=Cc5ccc(OC(=O)c6ccc(OC)cc6)c([N+](=O)[O-])c5)cc4)cc3)cc2[N+](=O)[O-])cc1. The summed E-state index contributed by atoms with van der Waals surface area (Å²) in [4.78, 5) is 56.3. The molecule has 0 aliphatic carbocycles. The molecule has 14 nitrogen and oxygen atoms in total. The minimum atomic E-state index is -0.747. The Morgan fingerprint density at radius 1 is 0.518 bits per heavy atom. The first-order valence-electron chi connectivity index (χ1n) is 16.7. The molecule has 0 saturated heterocycles. The summed E-state index contributed by atoms with van der Waals surface area (Å²) in [6, 6.07) is 35.4. The predicted molar refractivity (Wildman–Crippen MR) is 208 cm³/mol. The second-order valence-corrected chi connectivity index (χ2v) is 11.8. The van der Waals surface area contributed by atoms with Gasteiger partial charge in [-0.15, -0.1) is 0 Å². The first kappa shape index (κ1) is 37.7. The van der Waals surface area contributed by atoms with Crippen LogP contribution in [0.25, 0.3) is 11.1 Å². The van der Waals surface area contributed by atoms with Crippen molar-refractivity contribution in [2.24, 2.45) is 9.98 Å². The molecule has 0 radical (unpaired) electrons. The van der Waals surface area contributed by atoms with Crippen LogP contribution in [-0.4, -0.2) is 48.4 Å². The number of carbonyl (C=O) groups is 2. The minimum absolute atomic E-state index is 0.196. The Bertz CT molecular complexity index is 2290. The van der Waals surface area contributed by atoms with Gasteiger partial charge in [-0.05, 0) is 119 Å². The highest BCUT2D eigenvalue weighted by molar-refractivity contribution is 5.93. The van der Waals surface area contributed by atoms with Gasteiger partial charge >= 0.3 is 23.3 Å². The van der Waals surface area contributed by atoms with Crippen LogP contribution in [-0.2, 0) is 0 Å². The summed E-state index contributed by atoms with van der Waals surface area (Å²) in [6.45, 7) is 0. The molecule has 0 atom stereocenters. The standard InChI is InChI=1S/C42H30N4O10/c1-53-35-17-9-31(10-18-35)41(47)55-39-21-3-27(23-37(39)45(49)50)25-43-33-13-5-29(6-14-33)30-7-15-34(16-8-30)44-26-28-4-22-40(38(24-28)46(51)52)56-42(48)32-11-19-36(54-2)20-12-32/h3-26H,1-2H3. The van der Waals surface area contributed by atoms with Crippen LogP contribution in [0, 0.1) is 20.2 Å². The number of hydrogen-bond acceptors (Lipinski definition) is 12. The largest absolute Gasteiger partial charge is 0.497 e. The zero-order chi connectivity index (χ0) is 39.6. The molecular formula is C42H30N4O10. The van der Waals surface area contributed by atoms with Crippen molar-refractivity contribution in [3.8, 4) is 34.1 Å². The first-order chi connectivity index (χ1) is 27.1. The van der Waals surface area contributed by atoms with Crippen LogP contribution < -0.4 is 18.9 Å². The molecule has 0 saturated carbocycles. The van der Waals surface area contributed by atoms with E-state index < -0.39 is 21.8 Å². The predicted octanol–water partition coefficient (Wildman–Crippen LogP) is 9.13. The van der Waals surface area contributed by atoms with Gasteiger partial charge in [-0.3, -0.25) is 30.2 Å². The van der Waals surface area contributed by atoms with Crippen molar-refractivity contribution in [1.29, 1.82) is 0 Å². The third-order valence-electron chi connectivity index (χ3n) is 8.21. The number of nitro benzene ring substituents is 2. The van der Waals surface area contributed by atoms with Gasteiger partial charge in [0.1, 0.15) is 11.5 Å². The molecule has 0 aromatic heterocycles. The number of ether oxygens (including phenoxy) is 4. The maximum atomic E-state index is 12.6. The first-order valence-corrected chi connectivity index (χ1v) is 16.7. The van der Waals surface area contributed by atoms with Crippen LogP contribution in [0.3, 0.4) is 0 Å². The van der Waals surface area contributed by atoms with E-state index in [9.17, 15) is 29.8 Å². The number of nitro groups is 2. The van der Waals surface area contributed by atoms with Gasteiger partial charge in [-0.25, -0.2) is 9.59 Å². The van der Waals surface area contributed by atoms with Gasteiger partial charge in [0.25, 0.3) is 0 Å². The number of benzene rings is 6. The van der Waals surface area contributed by atoms with Crippen molar-refractivity contribution in [1.82, 2.24) is 0 Å². The molecule has 14 heteroatoms. The monoisotopic (exact) mass is 750 g/mol. The fourth-order valence-corrected chi connectivity index (χ4v) is 5.24. The maximum Gasteiger partial charge on any atom is 0.343 e. The third kappa shape index (κ3) is 9.31. The number of hydrogen-bond donors (Lipinski definition) is 0. The van der Waals surface area contributed by atoms with E-state index in [4.69, 9.17) is 18.9 Å². The molecule has 6 rings (SSSR count). The van der Waals surface area contributed by atoms with E-state index in [-0.39, 0.29) is 34.0 Å². The molecule has 0 N–H and O–H groups in total.